The third-order valence-corrected chi connectivity index (χ3v) is 5.10. The number of rotatable bonds is 7. The Morgan fingerprint density at radius 1 is 1.12 bits per heavy atom. The third-order valence-electron chi connectivity index (χ3n) is 5.10. The van der Waals surface area contributed by atoms with Gasteiger partial charge in [0.05, 0.1) is 26.4 Å². The number of hydrogen-bond acceptors (Lipinski definition) is 10. The molecular weight excluding hydrogens is 448 g/mol. The molecule has 1 N–H and O–H groups in total. The number of carbonyl (C=O) groups excluding carboxylic acids is 3. The first kappa shape index (κ1) is 23.4. The lowest BCUT2D eigenvalue weighted by Gasteiger charge is -2.26. The molecule has 3 aromatic rings. The highest BCUT2D eigenvalue weighted by Gasteiger charge is 2.27. The number of amides is 1. The zero-order chi connectivity index (χ0) is 24.2. The number of ether oxygens (including phenoxy) is 3. The number of aromatic nitrogens is 2. The van der Waals surface area contributed by atoms with E-state index in [0.717, 1.165) is 4.68 Å². The maximum absolute atomic E-state index is 13.0. The lowest BCUT2D eigenvalue weighted by molar-refractivity contribution is 0.0471. The molecule has 34 heavy (non-hydrogen) atoms. The van der Waals surface area contributed by atoms with Crippen LogP contribution in [-0.2, 0) is 14.2 Å². The van der Waals surface area contributed by atoms with Crippen molar-refractivity contribution in [1.82, 2.24) is 9.78 Å². The summed E-state index contributed by atoms with van der Waals surface area (Å²) in [6, 6.07) is 3.10. The maximum Gasteiger partial charge on any atom is 0.435 e. The van der Waals surface area contributed by atoms with Crippen LogP contribution in [0.4, 0.5) is 16.5 Å². The number of hydrogen-bond donors (Lipinski definition) is 1. The number of anilines is 2. The van der Waals surface area contributed by atoms with Gasteiger partial charge in [0.15, 0.2) is 23.0 Å². The van der Waals surface area contributed by atoms with Gasteiger partial charge >= 0.3 is 12.1 Å². The zero-order valence-electron chi connectivity index (χ0n) is 19.2. The van der Waals surface area contributed by atoms with Gasteiger partial charge in [0, 0.05) is 30.8 Å². The van der Waals surface area contributed by atoms with Gasteiger partial charge in [-0.3, -0.25) is 10.1 Å². The summed E-state index contributed by atoms with van der Waals surface area (Å²) in [5, 5.41) is 6.73. The Balaban J connectivity index is 1.63. The molecule has 1 aliphatic rings. The van der Waals surface area contributed by atoms with Crippen molar-refractivity contribution in [2.24, 2.45) is 0 Å². The number of nitrogens with zero attached hydrogens (tertiary/aromatic N) is 3. The van der Waals surface area contributed by atoms with Crippen LogP contribution in [0.2, 0.25) is 0 Å². The molecule has 4 heterocycles. The second-order valence-corrected chi connectivity index (χ2v) is 7.57. The summed E-state index contributed by atoms with van der Waals surface area (Å²) < 4.78 is 27.8. The van der Waals surface area contributed by atoms with Gasteiger partial charge < -0.3 is 27.9 Å². The lowest BCUT2D eigenvalue weighted by Crippen LogP contribution is -2.35. The number of carbonyl (C=O) groups is 3. The number of fused-ring (bicyclic) bond motifs is 1. The summed E-state index contributed by atoms with van der Waals surface area (Å²) in [4.78, 5) is 39.6. The quantitative estimate of drug-likeness (QED) is 0.508. The van der Waals surface area contributed by atoms with Crippen LogP contribution in [-0.4, -0.2) is 67.3 Å². The molecule has 0 bridgehead atoms. The fraction of sp³-hybridized carbons (Fsp3) is 0.455. The molecule has 1 aliphatic heterocycles. The van der Waals surface area contributed by atoms with E-state index in [1.807, 2.05) is 11.8 Å². The predicted octanol–water partition coefficient (Wildman–Crippen LogP) is 3.19. The van der Waals surface area contributed by atoms with Gasteiger partial charge in [-0.15, -0.1) is 5.10 Å². The van der Waals surface area contributed by atoms with Crippen LogP contribution in [0.15, 0.2) is 21.0 Å². The molecule has 1 amide bonds. The Morgan fingerprint density at radius 3 is 2.59 bits per heavy atom. The molecule has 1 fully saturated rings. The third kappa shape index (κ3) is 4.62. The molecule has 12 heteroatoms. The van der Waals surface area contributed by atoms with E-state index in [1.165, 1.54) is 6.07 Å². The first-order valence-electron chi connectivity index (χ1n) is 11.0. The Labute approximate surface area is 194 Å². The van der Waals surface area contributed by atoms with Crippen molar-refractivity contribution in [3.05, 3.63) is 29.2 Å². The van der Waals surface area contributed by atoms with Gasteiger partial charge in [-0.25, -0.2) is 9.59 Å². The van der Waals surface area contributed by atoms with Gasteiger partial charge in [0.25, 0.3) is 5.91 Å². The Kier molecular flexibility index (Phi) is 6.87. The molecule has 3 aromatic heterocycles. The molecular formula is C22H26N4O8. The Morgan fingerprint density at radius 2 is 1.88 bits per heavy atom. The number of morpholine rings is 1. The van der Waals surface area contributed by atoms with Gasteiger partial charge in [0.1, 0.15) is 5.52 Å². The highest BCUT2D eigenvalue weighted by Crippen LogP contribution is 2.29. The first-order chi connectivity index (χ1) is 16.4. The van der Waals surface area contributed by atoms with Crippen molar-refractivity contribution in [3.8, 4) is 0 Å². The molecule has 0 aliphatic carbocycles. The number of furan rings is 2. The smallest absolute Gasteiger partial charge is 0.435 e. The zero-order valence-corrected chi connectivity index (χ0v) is 19.2. The van der Waals surface area contributed by atoms with Crippen molar-refractivity contribution in [2.75, 3.05) is 49.7 Å². The van der Waals surface area contributed by atoms with Crippen LogP contribution in [0.5, 0.6) is 0 Å². The van der Waals surface area contributed by atoms with E-state index < -0.39 is 18.0 Å². The number of esters is 1. The summed E-state index contributed by atoms with van der Waals surface area (Å²) in [6.07, 6.45) is -0.148. The molecule has 0 spiro atoms. The van der Waals surface area contributed by atoms with Gasteiger partial charge in [-0.1, -0.05) is 6.92 Å². The topological polar surface area (TPSA) is 138 Å². The second-order valence-electron chi connectivity index (χ2n) is 7.57. The summed E-state index contributed by atoms with van der Waals surface area (Å²) in [5.41, 5.74) is 0.813. The Bertz CT molecular complexity index is 1200. The molecule has 12 nitrogen and oxygen atoms in total. The van der Waals surface area contributed by atoms with E-state index in [4.69, 9.17) is 23.0 Å². The lowest BCUT2D eigenvalue weighted by atomic mass is 10.2. The summed E-state index contributed by atoms with van der Waals surface area (Å²) in [5.74, 6) is -0.812. The minimum Gasteiger partial charge on any atom is -0.460 e. The van der Waals surface area contributed by atoms with E-state index in [-0.39, 0.29) is 41.7 Å². The van der Waals surface area contributed by atoms with Crippen LogP contribution in [0.1, 0.15) is 46.9 Å². The molecule has 4 rings (SSSR count). The highest BCUT2D eigenvalue weighted by atomic mass is 16.6. The van der Waals surface area contributed by atoms with Gasteiger partial charge in [-0.05, 0) is 20.3 Å². The van der Waals surface area contributed by atoms with Crippen molar-refractivity contribution in [2.45, 2.75) is 27.2 Å². The molecule has 0 aromatic carbocycles. The predicted molar refractivity (Wildman–Crippen MR) is 119 cm³/mol. The Hall–Kier alpha value is -3.80. The van der Waals surface area contributed by atoms with Crippen LogP contribution in [0, 0.1) is 6.92 Å². The maximum atomic E-state index is 13.0. The summed E-state index contributed by atoms with van der Waals surface area (Å²) in [7, 11) is 0. The highest BCUT2D eigenvalue weighted by molar-refractivity contribution is 6.08. The van der Waals surface area contributed by atoms with Gasteiger partial charge in [0.2, 0.25) is 5.76 Å². The molecule has 1 saturated heterocycles. The molecule has 0 unspecified atom stereocenters. The molecule has 182 valence electrons. The number of nitrogens with one attached hydrogen (secondary N) is 1. The minimum absolute atomic E-state index is 0.0301. The van der Waals surface area contributed by atoms with Crippen molar-refractivity contribution in [3.63, 3.8) is 0 Å². The fourth-order valence-corrected chi connectivity index (χ4v) is 3.47. The normalized spacial score (nSPS) is 13.8. The average Bonchev–Trinajstić information content (AvgIpc) is 3.52. The van der Waals surface area contributed by atoms with Crippen molar-refractivity contribution < 1.29 is 37.4 Å². The van der Waals surface area contributed by atoms with Crippen LogP contribution < -0.4 is 10.2 Å². The molecule has 0 radical (unpaired) electrons. The van der Waals surface area contributed by atoms with Crippen molar-refractivity contribution in [1.29, 1.82) is 0 Å². The largest absolute Gasteiger partial charge is 0.460 e. The van der Waals surface area contributed by atoms with Crippen LogP contribution in [0.25, 0.3) is 11.1 Å². The monoisotopic (exact) mass is 474 g/mol. The average molecular weight is 474 g/mol. The van der Waals surface area contributed by atoms with Crippen molar-refractivity contribution >= 4 is 40.8 Å². The van der Waals surface area contributed by atoms with Crippen LogP contribution in [0.3, 0.4) is 0 Å². The van der Waals surface area contributed by atoms with E-state index in [2.05, 4.69) is 10.4 Å². The first-order valence-corrected chi connectivity index (χ1v) is 11.0. The number of aryl methyl sites for hydroxylation is 1. The van der Waals surface area contributed by atoms with E-state index in [1.54, 1.807) is 19.9 Å². The van der Waals surface area contributed by atoms with Gasteiger partial charge in [-0.2, -0.15) is 4.68 Å². The van der Waals surface area contributed by atoms with E-state index >= 15 is 0 Å². The molecule has 0 saturated carbocycles. The standard InChI is InChI=1S/C22H26N4O8/c1-4-8-32-21(28)15-12-14-18(33-15)19(24-26(14)22(29)31-5-2)23-20(27)17-13(3)11-16(34-17)25-6-9-30-10-7-25/h11-12H,4-10H2,1-3H3,(H,23,24,27). The summed E-state index contributed by atoms with van der Waals surface area (Å²) in [6.45, 7) is 8.05. The summed E-state index contributed by atoms with van der Waals surface area (Å²) >= 11 is 0. The van der Waals surface area contributed by atoms with E-state index in [9.17, 15) is 14.4 Å². The SMILES string of the molecule is CCCOC(=O)c1cc2c(o1)c(NC(=O)c1oc(N3CCOCC3)cc1C)nn2C(=O)OCC. The second kappa shape index (κ2) is 10.00. The van der Waals surface area contributed by atoms with E-state index in [0.29, 0.717) is 44.2 Å². The fourth-order valence-electron chi connectivity index (χ4n) is 3.47. The minimum atomic E-state index is -0.786. The van der Waals surface area contributed by atoms with Crippen LogP contribution >= 0.6 is 0 Å². The molecule has 0 atom stereocenters.